The van der Waals surface area contributed by atoms with Crippen molar-refractivity contribution in [1.82, 2.24) is 0 Å². The minimum Gasteiger partial charge on any atom is -0.258 e. The van der Waals surface area contributed by atoms with E-state index >= 15 is 0 Å². The molecule has 102 valence electrons. The number of halogens is 3. The van der Waals surface area contributed by atoms with Crippen LogP contribution >= 0.6 is 43.5 Å². The van der Waals surface area contributed by atoms with E-state index in [0.717, 1.165) is 5.56 Å². The molecule has 20 heavy (non-hydrogen) atoms. The summed E-state index contributed by atoms with van der Waals surface area (Å²) in [5, 5.41) is 11.6. The summed E-state index contributed by atoms with van der Waals surface area (Å²) < 4.78 is 1.25. The van der Waals surface area contributed by atoms with Gasteiger partial charge in [-0.05, 0) is 44.0 Å². The van der Waals surface area contributed by atoms with E-state index in [0.29, 0.717) is 19.6 Å². The summed E-state index contributed by atoms with van der Waals surface area (Å²) >= 11 is 13.0. The van der Waals surface area contributed by atoms with Crippen molar-refractivity contribution in [1.29, 1.82) is 0 Å². The first kappa shape index (κ1) is 15.2. The molecular weight excluding hydrogens is 409 g/mol. The second-order valence-corrected chi connectivity index (χ2v) is 5.88. The van der Waals surface area contributed by atoms with Crippen molar-refractivity contribution in [3.8, 4) is 0 Å². The lowest BCUT2D eigenvalue weighted by molar-refractivity contribution is -0.385. The highest BCUT2D eigenvalue weighted by Crippen LogP contribution is 2.40. The van der Waals surface area contributed by atoms with Gasteiger partial charge in [0, 0.05) is 25.6 Å². The van der Waals surface area contributed by atoms with E-state index in [1.165, 1.54) is 6.07 Å². The van der Waals surface area contributed by atoms with Gasteiger partial charge in [0.1, 0.15) is 0 Å². The standard InChI is InChI=1S/C14H8Br2ClNO2/c15-13(9-5-1-3-7-11(9)17)14(16)10-6-2-4-8-12(10)18(19)20/h1-8H. The minimum atomic E-state index is -0.413. The zero-order chi connectivity index (χ0) is 14.7. The molecule has 0 bridgehead atoms. The Labute approximate surface area is 137 Å². The highest BCUT2D eigenvalue weighted by Gasteiger charge is 2.18. The Hall–Kier alpha value is -1.17. The SMILES string of the molecule is O=[N+]([O-])c1ccccc1C(Br)=C(Br)c1ccccc1Cl. The lowest BCUT2D eigenvalue weighted by atomic mass is 10.1. The number of nitro groups is 1. The molecule has 6 heteroatoms. The maximum absolute atomic E-state index is 11.1. The van der Waals surface area contributed by atoms with Crippen molar-refractivity contribution in [3.05, 3.63) is 74.8 Å². The van der Waals surface area contributed by atoms with Crippen molar-refractivity contribution in [2.24, 2.45) is 0 Å². The third-order valence-electron chi connectivity index (χ3n) is 2.64. The van der Waals surface area contributed by atoms with E-state index in [1.54, 1.807) is 24.3 Å². The molecule has 0 heterocycles. The van der Waals surface area contributed by atoms with Crippen LogP contribution in [0.2, 0.25) is 5.02 Å². The molecule has 2 aromatic rings. The van der Waals surface area contributed by atoms with Gasteiger partial charge in [-0.3, -0.25) is 10.1 Å². The molecule has 2 aromatic carbocycles. The first-order valence-corrected chi connectivity index (χ1v) is 7.52. The van der Waals surface area contributed by atoms with Gasteiger partial charge in [-0.1, -0.05) is 41.9 Å². The van der Waals surface area contributed by atoms with Crippen LogP contribution in [0.4, 0.5) is 5.69 Å². The van der Waals surface area contributed by atoms with Gasteiger partial charge in [-0.15, -0.1) is 0 Å². The second-order valence-electron chi connectivity index (χ2n) is 3.88. The summed E-state index contributed by atoms with van der Waals surface area (Å²) in [6, 6.07) is 13.8. The Balaban J connectivity index is 2.61. The van der Waals surface area contributed by atoms with Crippen LogP contribution in [0.3, 0.4) is 0 Å². The van der Waals surface area contributed by atoms with Crippen LogP contribution in [0, 0.1) is 10.1 Å². The average Bonchev–Trinajstić information content (AvgIpc) is 2.46. The molecule has 0 saturated carbocycles. The maximum atomic E-state index is 11.1. The lowest BCUT2D eigenvalue weighted by Gasteiger charge is -2.07. The molecule has 0 aliphatic rings. The van der Waals surface area contributed by atoms with Crippen LogP contribution in [0.15, 0.2) is 48.5 Å². The zero-order valence-electron chi connectivity index (χ0n) is 10.0. The zero-order valence-corrected chi connectivity index (χ0v) is 13.9. The van der Waals surface area contributed by atoms with E-state index < -0.39 is 4.92 Å². The third kappa shape index (κ3) is 3.11. The van der Waals surface area contributed by atoms with E-state index in [9.17, 15) is 10.1 Å². The molecule has 0 aromatic heterocycles. The summed E-state index contributed by atoms with van der Waals surface area (Å²) in [6.07, 6.45) is 0. The number of nitro benzene ring substituents is 1. The van der Waals surface area contributed by atoms with Crippen LogP contribution in [0.25, 0.3) is 8.96 Å². The molecule has 0 unspecified atom stereocenters. The number of hydrogen-bond donors (Lipinski definition) is 0. The summed E-state index contributed by atoms with van der Waals surface area (Å²) in [7, 11) is 0. The highest BCUT2D eigenvalue weighted by atomic mass is 79.9. The smallest absolute Gasteiger partial charge is 0.258 e. The predicted molar refractivity (Wildman–Crippen MR) is 89.2 cm³/mol. The molecule has 3 nitrogen and oxygen atoms in total. The van der Waals surface area contributed by atoms with E-state index in [-0.39, 0.29) is 5.69 Å². The van der Waals surface area contributed by atoms with Crippen molar-refractivity contribution in [2.75, 3.05) is 0 Å². The lowest BCUT2D eigenvalue weighted by Crippen LogP contribution is -1.93. The van der Waals surface area contributed by atoms with Crippen molar-refractivity contribution >= 4 is 58.1 Å². The van der Waals surface area contributed by atoms with Gasteiger partial charge < -0.3 is 0 Å². The summed E-state index contributed by atoms with van der Waals surface area (Å²) in [5.41, 5.74) is 1.28. The molecular formula is C14H8Br2ClNO2. The Morgan fingerprint density at radius 2 is 1.45 bits per heavy atom. The summed E-state index contributed by atoms with van der Waals surface area (Å²) in [4.78, 5) is 10.7. The first-order chi connectivity index (χ1) is 9.52. The fraction of sp³-hybridized carbons (Fsp3) is 0. The van der Waals surface area contributed by atoms with Gasteiger partial charge in [0.15, 0.2) is 0 Å². The van der Waals surface area contributed by atoms with Crippen LogP contribution in [-0.4, -0.2) is 4.92 Å². The number of hydrogen-bond acceptors (Lipinski definition) is 2. The molecule has 0 atom stereocenters. The Morgan fingerprint density at radius 1 is 0.950 bits per heavy atom. The van der Waals surface area contributed by atoms with Gasteiger partial charge >= 0.3 is 0 Å². The maximum Gasteiger partial charge on any atom is 0.277 e. The minimum absolute atomic E-state index is 0.0309. The Morgan fingerprint density at radius 3 is 2.05 bits per heavy atom. The molecule has 0 N–H and O–H groups in total. The molecule has 2 rings (SSSR count). The third-order valence-corrected chi connectivity index (χ3v) is 5.15. The first-order valence-electron chi connectivity index (χ1n) is 5.56. The quantitative estimate of drug-likeness (QED) is 0.356. The number of rotatable bonds is 3. The predicted octanol–water partition coefficient (Wildman–Crippen LogP) is 5.86. The van der Waals surface area contributed by atoms with Crippen LogP contribution < -0.4 is 0 Å². The van der Waals surface area contributed by atoms with E-state index in [4.69, 9.17) is 11.6 Å². The largest absolute Gasteiger partial charge is 0.277 e. The van der Waals surface area contributed by atoms with E-state index in [1.807, 2.05) is 18.2 Å². The fourth-order valence-electron chi connectivity index (χ4n) is 1.69. The van der Waals surface area contributed by atoms with Gasteiger partial charge in [-0.25, -0.2) is 0 Å². The second kappa shape index (κ2) is 6.52. The summed E-state index contributed by atoms with van der Waals surface area (Å²) in [5.74, 6) is 0. The molecule has 0 spiro atoms. The van der Waals surface area contributed by atoms with Crippen molar-refractivity contribution in [2.45, 2.75) is 0 Å². The molecule has 0 amide bonds. The monoisotopic (exact) mass is 415 g/mol. The molecule has 0 fully saturated rings. The fourth-order valence-corrected chi connectivity index (χ4v) is 3.15. The Kier molecular flexibility index (Phi) is 4.96. The molecule has 0 aliphatic carbocycles. The van der Waals surface area contributed by atoms with Gasteiger partial charge in [0.2, 0.25) is 0 Å². The molecule has 0 saturated heterocycles. The average molecular weight is 417 g/mol. The number of benzene rings is 2. The van der Waals surface area contributed by atoms with Crippen LogP contribution in [0.1, 0.15) is 11.1 Å². The van der Waals surface area contributed by atoms with Gasteiger partial charge in [0.05, 0.1) is 10.5 Å². The van der Waals surface area contributed by atoms with Crippen molar-refractivity contribution < 1.29 is 4.92 Å². The molecule has 0 radical (unpaired) electrons. The molecule has 0 aliphatic heterocycles. The topological polar surface area (TPSA) is 43.1 Å². The van der Waals surface area contributed by atoms with Crippen molar-refractivity contribution in [3.63, 3.8) is 0 Å². The normalized spacial score (nSPS) is 11.9. The van der Waals surface area contributed by atoms with Crippen LogP contribution in [0.5, 0.6) is 0 Å². The number of nitrogens with zero attached hydrogens (tertiary/aromatic N) is 1. The summed E-state index contributed by atoms with van der Waals surface area (Å²) in [6.45, 7) is 0. The van der Waals surface area contributed by atoms with Crippen LogP contribution in [-0.2, 0) is 0 Å². The van der Waals surface area contributed by atoms with Gasteiger partial charge in [-0.2, -0.15) is 0 Å². The Bertz CT molecular complexity index is 701. The van der Waals surface area contributed by atoms with E-state index in [2.05, 4.69) is 31.9 Å². The number of para-hydroxylation sites is 1. The highest BCUT2D eigenvalue weighted by molar-refractivity contribution is 9.18. The van der Waals surface area contributed by atoms with Gasteiger partial charge in [0.25, 0.3) is 5.69 Å².